The van der Waals surface area contributed by atoms with E-state index in [0.717, 1.165) is 5.69 Å². The van der Waals surface area contributed by atoms with E-state index in [1.165, 1.54) is 18.2 Å². The van der Waals surface area contributed by atoms with Crippen molar-refractivity contribution in [2.45, 2.75) is 13.0 Å². The minimum Gasteiger partial charge on any atom is -0.487 e. The maximum atomic E-state index is 13.6. The third-order valence-corrected chi connectivity index (χ3v) is 2.77. The van der Waals surface area contributed by atoms with Crippen LogP contribution < -0.4 is 10.5 Å². The Kier molecular flexibility index (Phi) is 4.64. The minimum absolute atomic E-state index is 0.0548. The zero-order valence-corrected chi connectivity index (χ0v) is 10.8. The van der Waals surface area contributed by atoms with Crippen LogP contribution >= 0.6 is 0 Å². The Balaban J connectivity index is 2.03. The fourth-order valence-corrected chi connectivity index (χ4v) is 1.71. The largest absolute Gasteiger partial charge is 0.487 e. The number of ether oxygens (including phenoxy) is 1. The van der Waals surface area contributed by atoms with E-state index < -0.39 is 5.82 Å². The minimum atomic E-state index is -0.392. The number of pyridine rings is 1. The van der Waals surface area contributed by atoms with Crippen molar-refractivity contribution in [2.75, 3.05) is 6.54 Å². The van der Waals surface area contributed by atoms with Crippen LogP contribution in [0.3, 0.4) is 0 Å². The van der Waals surface area contributed by atoms with Gasteiger partial charge in [-0.1, -0.05) is 0 Å². The van der Waals surface area contributed by atoms with Crippen molar-refractivity contribution < 1.29 is 9.13 Å². The van der Waals surface area contributed by atoms with Crippen molar-refractivity contribution >= 4 is 0 Å². The highest BCUT2D eigenvalue weighted by molar-refractivity contribution is 5.33. The van der Waals surface area contributed by atoms with E-state index in [1.807, 2.05) is 12.1 Å². The second kappa shape index (κ2) is 6.64. The average Bonchev–Trinajstić information content (AvgIpc) is 2.48. The molecule has 1 heterocycles. The Bertz CT molecular complexity index is 620. The van der Waals surface area contributed by atoms with Gasteiger partial charge in [0.25, 0.3) is 0 Å². The van der Waals surface area contributed by atoms with E-state index in [1.54, 1.807) is 12.3 Å². The monoisotopic (exact) mass is 271 g/mol. The van der Waals surface area contributed by atoms with E-state index in [9.17, 15) is 4.39 Å². The normalized spacial score (nSPS) is 10.1. The number of aromatic nitrogens is 1. The van der Waals surface area contributed by atoms with Crippen LogP contribution in [0.5, 0.6) is 5.75 Å². The quantitative estimate of drug-likeness (QED) is 0.904. The molecule has 0 aliphatic rings. The van der Waals surface area contributed by atoms with Crippen molar-refractivity contribution in [3.63, 3.8) is 0 Å². The van der Waals surface area contributed by atoms with Gasteiger partial charge in [0.2, 0.25) is 0 Å². The van der Waals surface area contributed by atoms with E-state index in [-0.39, 0.29) is 6.61 Å². The van der Waals surface area contributed by atoms with Crippen molar-refractivity contribution in [3.05, 3.63) is 59.2 Å². The molecular weight excluding hydrogens is 257 g/mol. The Morgan fingerprint density at radius 1 is 1.30 bits per heavy atom. The summed E-state index contributed by atoms with van der Waals surface area (Å²) in [6, 6.07) is 9.73. The number of benzene rings is 1. The van der Waals surface area contributed by atoms with Crippen LogP contribution in [0.25, 0.3) is 0 Å². The lowest BCUT2D eigenvalue weighted by Gasteiger charge is -2.07. The molecule has 0 unspecified atom stereocenters. The molecule has 1 aromatic heterocycles. The van der Waals surface area contributed by atoms with Gasteiger partial charge >= 0.3 is 0 Å². The number of rotatable bonds is 5. The molecule has 0 bridgehead atoms. The van der Waals surface area contributed by atoms with Gasteiger partial charge in [-0.3, -0.25) is 4.98 Å². The number of nitriles is 1. The van der Waals surface area contributed by atoms with Gasteiger partial charge in [0.05, 0.1) is 17.8 Å². The molecule has 0 fully saturated rings. The predicted molar refractivity (Wildman–Crippen MR) is 72.4 cm³/mol. The maximum Gasteiger partial charge on any atom is 0.138 e. The zero-order valence-electron chi connectivity index (χ0n) is 10.8. The van der Waals surface area contributed by atoms with Gasteiger partial charge in [0.15, 0.2) is 0 Å². The van der Waals surface area contributed by atoms with Gasteiger partial charge in [0.1, 0.15) is 18.2 Å². The Labute approximate surface area is 116 Å². The maximum absolute atomic E-state index is 13.6. The lowest BCUT2D eigenvalue weighted by Crippen LogP contribution is -2.04. The summed E-state index contributed by atoms with van der Waals surface area (Å²) in [4.78, 5) is 4.19. The number of halogens is 1. The summed E-state index contributed by atoms with van der Waals surface area (Å²) in [5.74, 6) is 0.157. The van der Waals surface area contributed by atoms with Crippen LogP contribution in [-0.2, 0) is 13.0 Å². The first-order valence-corrected chi connectivity index (χ1v) is 6.19. The summed E-state index contributed by atoms with van der Waals surface area (Å²) in [5, 5.41) is 8.79. The summed E-state index contributed by atoms with van der Waals surface area (Å²) < 4.78 is 19.0. The molecule has 0 saturated heterocycles. The van der Waals surface area contributed by atoms with Crippen LogP contribution in [0.1, 0.15) is 16.8 Å². The number of nitrogens with zero attached hydrogens (tertiary/aromatic N) is 2. The van der Waals surface area contributed by atoms with Gasteiger partial charge in [0, 0.05) is 17.7 Å². The van der Waals surface area contributed by atoms with Gasteiger partial charge in [-0.2, -0.15) is 5.26 Å². The molecule has 0 aliphatic heterocycles. The zero-order chi connectivity index (χ0) is 14.4. The molecule has 0 amide bonds. The Morgan fingerprint density at radius 3 is 2.80 bits per heavy atom. The summed E-state index contributed by atoms with van der Waals surface area (Å²) in [5.41, 5.74) is 7.07. The van der Waals surface area contributed by atoms with Crippen molar-refractivity contribution in [1.82, 2.24) is 4.98 Å². The molecule has 20 heavy (non-hydrogen) atoms. The summed E-state index contributed by atoms with van der Waals surface area (Å²) in [7, 11) is 0. The third kappa shape index (κ3) is 3.53. The lowest BCUT2D eigenvalue weighted by atomic mass is 10.1. The highest BCUT2D eigenvalue weighted by Gasteiger charge is 2.05. The molecule has 4 nitrogen and oxygen atoms in total. The van der Waals surface area contributed by atoms with Gasteiger partial charge in [-0.15, -0.1) is 0 Å². The van der Waals surface area contributed by atoms with Crippen LogP contribution in [0.4, 0.5) is 4.39 Å². The first-order chi connectivity index (χ1) is 9.72. The average molecular weight is 271 g/mol. The van der Waals surface area contributed by atoms with E-state index >= 15 is 0 Å². The molecule has 2 rings (SSSR count). The molecule has 0 saturated carbocycles. The second-order valence-electron chi connectivity index (χ2n) is 4.23. The van der Waals surface area contributed by atoms with Crippen LogP contribution in [0.15, 0.2) is 36.5 Å². The smallest absolute Gasteiger partial charge is 0.138 e. The van der Waals surface area contributed by atoms with Crippen molar-refractivity contribution in [3.8, 4) is 11.8 Å². The summed E-state index contributed by atoms with van der Waals surface area (Å²) >= 11 is 0. The lowest BCUT2D eigenvalue weighted by molar-refractivity contribution is 0.298. The molecular formula is C15H14FN3O. The number of nitrogens with two attached hydrogens (primary N) is 1. The molecule has 1 aromatic carbocycles. The van der Waals surface area contributed by atoms with Gasteiger partial charge in [-0.05, 0) is 36.9 Å². The number of hydrogen-bond acceptors (Lipinski definition) is 4. The highest BCUT2D eigenvalue weighted by Crippen LogP contribution is 2.15. The Morgan fingerprint density at radius 2 is 2.15 bits per heavy atom. The molecule has 0 radical (unpaired) electrons. The first-order valence-electron chi connectivity index (χ1n) is 6.19. The topological polar surface area (TPSA) is 71.9 Å². The SMILES string of the molecule is N#Cc1ccc(F)c(COc2ccc(CCN)nc2)c1. The van der Waals surface area contributed by atoms with Crippen molar-refractivity contribution in [2.24, 2.45) is 5.73 Å². The van der Waals surface area contributed by atoms with Gasteiger partial charge in [-0.25, -0.2) is 4.39 Å². The van der Waals surface area contributed by atoms with Crippen LogP contribution in [0, 0.1) is 17.1 Å². The van der Waals surface area contributed by atoms with Crippen LogP contribution in [0.2, 0.25) is 0 Å². The number of hydrogen-bond donors (Lipinski definition) is 1. The molecule has 0 aliphatic carbocycles. The fraction of sp³-hybridized carbons (Fsp3) is 0.200. The second-order valence-corrected chi connectivity index (χ2v) is 4.23. The summed E-state index contributed by atoms with van der Waals surface area (Å²) in [6.07, 6.45) is 2.29. The molecule has 2 N–H and O–H groups in total. The third-order valence-electron chi connectivity index (χ3n) is 2.77. The first kappa shape index (κ1) is 14.0. The fourth-order valence-electron chi connectivity index (χ4n) is 1.71. The Hall–Kier alpha value is -2.45. The standard InChI is InChI=1S/C15H14FN3O/c16-15-4-1-11(8-18)7-12(15)10-20-14-3-2-13(5-6-17)19-9-14/h1-4,7,9H,5-6,10,17H2. The van der Waals surface area contributed by atoms with E-state index in [0.29, 0.717) is 29.8 Å². The molecule has 0 spiro atoms. The van der Waals surface area contributed by atoms with Crippen molar-refractivity contribution in [1.29, 1.82) is 5.26 Å². The molecule has 2 aromatic rings. The van der Waals surface area contributed by atoms with Gasteiger partial charge < -0.3 is 10.5 Å². The summed E-state index contributed by atoms with van der Waals surface area (Å²) in [6.45, 7) is 0.596. The van der Waals surface area contributed by atoms with E-state index in [4.69, 9.17) is 15.7 Å². The molecule has 5 heteroatoms. The molecule has 0 atom stereocenters. The van der Waals surface area contributed by atoms with E-state index in [2.05, 4.69) is 4.98 Å². The predicted octanol–water partition coefficient (Wildman–Crippen LogP) is 2.17. The highest BCUT2D eigenvalue weighted by atomic mass is 19.1. The van der Waals surface area contributed by atoms with Crippen LogP contribution in [-0.4, -0.2) is 11.5 Å². The molecule has 102 valence electrons.